The van der Waals surface area contributed by atoms with E-state index in [-0.39, 0.29) is 16.5 Å². The van der Waals surface area contributed by atoms with Gasteiger partial charge in [-0.3, -0.25) is 4.72 Å². The van der Waals surface area contributed by atoms with Gasteiger partial charge in [-0.15, -0.1) is 0 Å². The highest BCUT2D eigenvalue weighted by molar-refractivity contribution is 9.10. The van der Waals surface area contributed by atoms with E-state index in [4.69, 9.17) is 16.7 Å². The van der Waals surface area contributed by atoms with Crippen LogP contribution in [0.25, 0.3) is 0 Å². The van der Waals surface area contributed by atoms with Gasteiger partial charge in [0, 0.05) is 9.50 Å². The van der Waals surface area contributed by atoms with Crippen molar-refractivity contribution >= 4 is 43.2 Å². The first-order valence-electron chi connectivity index (χ1n) is 6.01. The zero-order valence-corrected chi connectivity index (χ0v) is 14.3. The first-order chi connectivity index (χ1) is 9.81. The van der Waals surface area contributed by atoms with Crippen molar-refractivity contribution in [3.63, 3.8) is 0 Å². The molecule has 0 atom stereocenters. The molecule has 0 saturated carbocycles. The van der Waals surface area contributed by atoms with E-state index >= 15 is 0 Å². The van der Waals surface area contributed by atoms with Crippen LogP contribution in [0.1, 0.15) is 11.1 Å². The number of sulfonamides is 1. The van der Waals surface area contributed by atoms with Crippen LogP contribution in [0.3, 0.4) is 0 Å². The van der Waals surface area contributed by atoms with E-state index in [1.165, 1.54) is 18.2 Å². The molecule has 0 bridgehead atoms. The molecule has 0 fully saturated rings. The van der Waals surface area contributed by atoms with Crippen molar-refractivity contribution in [3.8, 4) is 0 Å². The number of aliphatic hydroxyl groups excluding tert-OH is 1. The molecule has 2 aromatic carbocycles. The number of benzene rings is 2. The number of aryl methyl sites for hydroxylation is 1. The van der Waals surface area contributed by atoms with Crippen molar-refractivity contribution in [1.82, 2.24) is 0 Å². The van der Waals surface area contributed by atoms with Crippen LogP contribution in [0.4, 0.5) is 5.69 Å². The van der Waals surface area contributed by atoms with Gasteiger partial charge < -0.3 is 5.11 Å². The Morgan fingerprint density at radius 1 is 1.24 bits per heavy atom. The minimum absolute atomic E-state index is 0.0438. The van der Waals surface area contributed by atoms with Gasteiger partial charge >= 0.3 is 0 Å². The van der Waals surface area contributed by atoms with E-state index in [2.05, 4.69) is 20.7 Å². The Labute approximate surface area is 136 Å². The fourth-order valence-electron chi connectivity index (χ4n) is 1.83. The second-order valence-corrected chi connectivity index (χ2v) is 7.54. The third kappa shape index (κ3) is 3.97. The third-order valence-corrected chi connectivity index (χ3v) is 4.99. The first kappa shape index (κ1) is 16.3. The standard InChI is InChI=1S/C14H13BrClNO3S/c1-9-4-11(15)6-12(5-9)17-21(19,20)13-3-2-10(8-18)14(16)7-13/h2-7,17-18H,8H2,1H3. The normalized spacial score (nSPS) is 11.4. The number of anilines is 1. The molecule has 0 saturated heterocycles. The Morgan fingerprint density at radius 3 is 2.52 bits per heavy atom. The van der Waals surface area contributed by atoms with Gasteiger partial charge in [0.1, 0.15) is 0 Å². The van der Waals surface area contributed by atoms with Gasteiger partial charge in [0.15, 0.2) is 0 Å². The lowest BCUT2D eigenvalue weighted by molar-refractivity contribution is 0.282. The molecule has 0 unspecified atom stereocenters. The van der Waals surface area contributed by atoms with Crippen LogP contribution >= 0.6 is 27.5 Å². The molecule has 0 amide bonds. The quantitative estimate of drug-likeness (QED) is 0.836. The molecule has 0 aromatic heterocycles. The van der Waals surface area contributed by atoms with Crippen molar-refractivity contribution in [3.05, 3.63) is 57.0 Å². The molecular weight excluding hydrogens is 378 g/mol. The van der Waals surface area contributed by atoms with Crippen LogP contribution in [-0.4, -0.2) is 13.5 Å². The van der Waals surface area contributed by atoms with E-state index < -0.39 is 10.0 Å². The lowest BCUT2D eigenvalue weighted by atomic mass is 10.2. The van der Waals surface area contributed by atoms with Crippen LogP contribution in [-0.2, 0) is 16.6 Å². The molecule has 0 aliphatic heterocycles. The molecular formula is C14H13BrClNO3S. The van der Waals surface area contributed by atoms with Crippen LogP contribution in [0.15, 0.2) is 45.8 Å². The average molecular weight is 391 g/mol. The van der Waals surface area contributed by atoms with Gasteiger partial charge in [-0.25, -0.2) is 8.42 Å². The monoisotopic (exact) mass is 389 g/mol. The lowest BCUT2D eigenvalue weighted by Crippen LogP contribution is -2.13. The van der Waals surface area contributed by atoms with Crippen molar-refractivity contribution < 1.29 is 13.5 Å². The van der Waals surface area contributed by atoms with Crippen LogP contribution in [0, 0.1) is 6.92 Å². The smallest absolute Gasteiger partial charge is 0.261 e. The second-order valence-electron chi connectivity index (χ2n) is 4.53. The summed E-state index contributed by atoms with van der Waals surface area (Å²) < 4.78 is 27.9. The summed E-state index contributed by atoms with van der Waals surface area (Å²) in [6.07, 6.45) is 0. The van der Waals surface area contributed by atoms with Crippen LogP contribution < -0.4 is 4.72 Å². The Morgan fingerprint density at radius 2 is 1.95 bits per heavy atom. The predicted molar refractivity (Wildman–Crippen MR) is 87.1 cm³/mol. The van der Waals surface area contributed by atoms with Crippen molar-refractivity contribution in [2.45, 2.75) is 18.4 Å². The Hall–Kier alpha value is -1.08. The summed E-state index contributed by atoms with van der Waals surface area (Å²) in [5.74, 6) is 0. The van der Waals surface area contributed by atoms with Crippen molar-refractivity contribution in [2.75, 3.05) is 4.72 Å². The minimum Gasteiger partial charge on any atom is -0.392 e. The molecule has 0 heterocycles. The Balaban J connectivity index is 2.36. The highest BCUT2D eigenvalue weighted by Gasteiger charge is 2.16. The Bertz CT molecular complexity index is 758. The average Bonchev–Trinajstić information content (AvgIpc) is 2.36. The van der Waals surface area contributed by atoms with Gasteiger partial charge in [-0.05, 0) is 48.4 Å². The molecule has 2 rings (SSSR count). The fraction of sp³-hybridized carbons (Fsp3) is 0.143. The van der Waals surface area contributed by atoms with E-state index in [0.717, 1.165) is 10.0 Å². The van der Waals surface area contributed by atoms with E-state index in [1.54, 1.807) is 12.1 Å². The molecule has 7 heteroatoms. The van der Waals surface area contributed by atoms with Gasteiger partial charge in [0.2, 0.25) is 0 Å². The largest absolute Gasteiger partial charge is 0.392 e. The number of nitrogens with one attached hydrogen (secondary N) is 1. The molecule has 0 aliphatic rings. The van der Waals surface area contributed by atoms with E-state index in [1.807, 2.05) is 13.0 Å². The molecule has 21 heavy (non-hydrogen) atoms. The van der Waals surface area contributed by atoms with Crippen LogP contribution in [0.2, 0.25) is 5.02 Å². The molecule has 4 nitrogen and oxygen atoms in total. The topological polar surface area (TPSA) is 66.4 Å². The summed E-state index contributed by atoms with van der Waals surface area (Å²) in [5.41, 5.74) is 1.87. The molecule has 2 N–H and O–H groups in total. The number of hydrogen-bond donors (Lipinski definition) is 2. The lowest BCUT2D eigenvalue weighted by Gasteiger charge is -2.10. The second kappa shape index (κ2) is 6.36. The maximum absolute atomic E-state index is 12.3. The van der Waals surface area contributed by atoms with Crippen LogP contribution in [0.5, 0.6) is 0 Å². The fourth-order valence-corrected chi connectivity index (χ4v) is 3.81. The Kier molecular flexibility index (Phi) is 4.93. The third-order valence-electron chi connectivity index (χ3n) is 2.80. The molecule has 0 spiro atoms. The molecule has 112 valence electrons. The highest BCUT2D eigenvalue weighted by Crippen LogP contribution is 2.25. The molecule has 2 aromatic rings. The maximum Gasteiger partial charge on any atom is 0.261 e. The molecule has 0 aliphatic carbocycles. The summed E-state index contributed by atoms with van der Waals surface area (Å²) in [4.78, 5) is 0.0438. The summed E-state index contributed by atoms with van der Waals surface area (Å²) in [5, 5.41) is 9.27. The van der Waals surface area contributed by atoms with Gasteiger partial charge in [0.05, 0.1) is 17.2 Å². The summed E-state index contributed by atoms with van der Waals surface area (Å²) in [6, 6.07) is 9.50. The van der Waals surface area contributed by atoms with Crippen molar-refractivity contribution in [1.29, 1.82) is 0 Å². The number of aliphatic hydroxyl groups is 1. The van der Waals surface area contributed by atoms with Crippen molar-refractivity contribution in [2.24, 2.45) is 0 Å². The molecule has 0 radical (unpaired) electrons. The summed E-state index contributed by atoms with van der Waals surface area (Å²) >= 11 is 9.25. The first-order valence-corrected chi connectivity index (χ1v) is 8.66. The van der Waals surface area contributed by atoms with E-state index in [0.29, 0.717) is 11.3 Å². The van der Waals surface area contributed by atoms with Gasteiger partial charge in [-0.1, -0.05) is 33.6 Å². The van der Waals surface area contributed by atoms with E-state index in [9.17, 15) is 8.42 Å². The minimum atomic E-state index is -3.73. The zero-order chi connectivity index (χ0) is 15.6. The number of rotatable bonds is 4. The maximum atomic E-state index is 12.3. The highest BCUT2D eigenvalue weighted by atomic mass is 79.9. The van der Waals surface area contributed by atoms with Gasteiger partial charge in [0.25, 0.3) is 10.0 Å². The predicted octanol–water partition coefficient (Wildman–Crippen LogP) is 3.70. The number of hydrogen-bond acceptors (Lipinski definition) is 3. The zero-order valence-electron chi connectivity index (χ0n) is 11.1. The SMILES string of the molecule is Cc1cc(Br)cc(NS(=O)(=O)c2ccc(CO)c(Cl)c2)c1. The van der Waals surface area contributed by atoms with Gasteiger partial charge in [-0.2, -0.15) is 0 Å². The number of halogens is 2. The summed E-state index contributed by atoms with van der Waals surface area (Å²) in [6.45, 7) is 1.63. The summed E-state index contributed by atoms with van der Waals surface area (Å²) in [7, 11) is -3.73.